The standard InChI is InChI=1S/C23H27FN4O2S/c1-4-27(5-2)20-9-7-16(8-10-20)22-25-26-23(28(22)6-3)31-14-18-12-19(24)11-17-13-29-15-30-21(17)18/h7-12H,4-6,13-15H2,1-3H3. The fraction of sp³-hybridized carbons (Fsp3) is 0.391. The number of anilines is 1. The van der Waals surface area contributed by atoms with Crippen LogP contribution in [0, 0.1) is 5.82 Å². The summed E-state index contributed by atoms with van der Waals surface area (Å²) in [5.41, 5.74) is 3.78. The van der Waals surface area contributed by atoms with E-state index in [1.807, 2.05) is 0 Å². The van der Waals surface area contributed by atoms with Crippen LogP contribution in [-0.2, 0) is 23.6 Å². The summed E-state index contributed by atoms with van der Waals surface area (Å²) in [4.78, 5) is 2.31. The maximum Gasteiger partial charge on any atom is 0.191 e. The minimum atomic E-state index is -0.283. The summed E-state index contributed by atoms with van der Waals surface area (Å²) in [5.74, 6) is 1.81. The van der Waals surface area contributed by atoms with Crippen molar-refractivity contribution in [3.05, 3.63) is 53.3 Å². The van der Waals surface area contributed by atoms with Crippen molar-refractivity contribution in [1.82, 2.24) is 14.8 Å². The Morgan fingerprint density at radius 1 is 1.10 bits per heavy atom. The molecular formula is C23H27FN4O2S. The van der Waals surface area contributed by atoms with Crippen molar-refractivity contribution in [3.8, 4) is 17.1 Å². The summed E-state index contributed by atoms with van der Waals surface area (Å²) < 4.78 is 27.0. The molecule has 0 spiro atoms. The van der Waals surface area contributed by atoms with Crippen LogP contribution in [0.5, 0.6) is 5.75 Å². The normalized spacial score (nSPS) is 13.0. The van der Waals surface area contributed by atoms with Crippen molar-refractivity contribution in [2.24, 2.45) is 0 Å². The van der Waals surface area contributed by atoms with Gasteiger partial charge in [0.1, 0.15) is 11.6 Å². The highest BCUT2D eigenvalue weighted by molar-refractivity contribution is 7.98. The molecule has 2 heterocycles. The molecule has 0 fully saturated rings. The van der Waals surface area contributed by atoms with Crippen molar-refractivity contribution >= 4 is 17.4 Å². The van der Waals surface area contributed by atoms with Crippen molar-refractivity contribution < 1.29 is 13.9 Å². The first-order valence-electron chi connectivity index (χ1n) is 10.6. The Kier molecular flexibility index (Phi) is 6.77. The summed E-state index contributed by atoms with van der Waals surface area (Å²) in [6, 6.07) is 11.4. The molecule has 0 radical (unpaired) electrons. The Bertz CT molecular complexity index is 1030. The molecular weight excluding hydrogens is 415 g/mol. The van der Waals surface area contributed by atoms with Crippen LogP contribution in [0.15, 0.2) is 41.6 Å². The lowest BCUT2D eigenvalue weighted by Crippen LogP contribution is -2.21. The van der Waals surface area contributed by atoms with Crippen molar-refractivity contribution in [3.63, 3.8) is 0 Å². The lowest BCUT2D eigenvalue weighted by atomic mass is 10.1. The Labute approximate surface area is 186 Å². The molecule has 164 valence electrons. The number of thioether (sulfide) groups is 1. The summed E-state index contributed by atoms with van der Waals surface area (Å²) in [5, 5.41) is 9.65. The molecule has 0 amide bonds. The van der Waals surface area contributed by atoms with E-state index in [0.29, 0.717) is 12.4 Å². The molecule has 0 saturated heterocycles. The number of nitrogens with zero attached hydrogens (tertiary/aromatic N) is 4. The maximum atomic E-state index is 14.0. The third-order valence-corrected chi connectivity index (χ3v) is 6.41. The molecule has 8 heteroatoms. The summed E-state index contributed by atoms with van der Waals surface area (Å²) in [6.07, 6.45) is 0. The average molecular weight is 443 g/mol. The van der Waals surface area contributed by atoms with Gasteiger partial charge in [0.15, 0.2) is 17.8 Å². The smallest absolute Gasteiger partial charge is 0.191 e. The second-order valence-corrected chi connectivity index (χ2v) is 8.16. The molecule has 1 aliphatic heterocycles. The van der Waals surface area contributed by atoms with Gasteiger partial charge in [0.2, 0.25) is 0 Å². The molecule has 1 aromatic heterocycles. The lowest BCUT2D eigenvalue weighted by molar-refractivity contribution is -0.0171. The van der Waals surface area contributed by atoms with E-state index in [-0.39, 0.29) is 12.6 Å². The first kappa shape index (κ1) is 21.6. The second kappa shape index (κ2) is 9.70. The number of hydrogen-bond acceptors (Lipinski definition) is 6. The molecule has 0 unspecified atom stereocenters. The number of benzene rings is 2. The summed E-state index contributed by atoms with van der Waals surface area (Å²) in [7, 11) is 0. The van der Waals surface area contributed by atoms with Gasteiger partial charge in [-0.05, 0) is 57.2 Å². The Morgan fingerprint density at radius 2 is 1.87 bits per heavy atom. The average Bonchev–Trinajstić information content (AvgIpc) is 3.21. The van der Waals surface area contributed by atoms with Gasteiger partial charge < -0.3 is 18.9 Å². The Hall–Kier alpha value is -2.58. The third kappa shape index (κ3) is 4.55. The summed E-state index contributed by atoms with van der Waals surface area (Å²) >= 11 is 1.53. The number of fused-ring (bicyclic) bond motifs is 1. The molecule has 31 heavy (non-hydrogen) atoms. The van der Waals surface area contributed by atoms with Gasteiger partial charge in [0.05, 0.1) is 6.61 Å². The van der Waals surface area contributed by atoms with Crippen molar-refractivity contribution in [1.29, 1.82) is 0 Å². The van der Waals surface area contributed by atoms with Gasteiger partial charge in [-0.15, -0.1) is 10.2 Å². The zero-order valence-electron chi connectivity index (χ0n) is 18.1. The highest BCUT2D eigenvalue weighted by atomic mass is 32.2. The van der Waals surface area contributed by atoms with E-state index < -0.39 is 0 Å². The Morgan fingerprint density at radius 3 is 2.58 bits per heavy atom. The fourth-order valence-corrected chi connectivity index (χ4v) is 4.78. The fourth-order valence-electron chi connectivity index (χ4n) is 3.81. The van der Waals surface area contributed by atoms with E-state index in [9.17, 15) is 4.39 Å². The number of halogens is 1. The van der Waals surface area contributed by atoms with Crippen molar-refractivity contribution in [2.75, 3.05) is 24.8 Å². The molecule has 0 atom stereocenters. The summed E-state index contributed by atoms with van der Waals surface area (Å²) in [6.45, 7) is 9.63. The SMILES string of the molecule is CCN(CC)c1ccc(-c2nnc(SCc3cc(F)cc4c3OCOC4)n2CC)cc1. The van der Waals surface area contributed by atoms with E-state index >= 15 is 0 Å². The van der Waals surface area contributed by atoms with Crippen molar-refractivity contribution in [2.45, 2.75) is 44.8 Å². The molecule has 0 aliphatic carbocycles. The zero-order valence-corrected chi connectivity index (χ0v) is 18.9. The van der Waals surface area contributed by atoms with Crippen LogP contribution in [0.1, 0.15) is 31.9 Å². The monoisotopic (exact) mass is 442 g/mol. The predicted octanol–water partition coefficient (Wildman–Crippen LogP) is 5.11. The van der Waals surface area contributed by atoms with E-state index in [0.717, 1.165) is 53.1 Å². The van der Waals surface area contributed by atoms with Gasteiger partial charge in [0.25, 0.3) is 0 Å². The van der Waals surface area contributed by atoms with Crippen LogP contribution in [0.25, 0.3) is 11.4 Å². The third-order valence-electron chi connectivity index (χ3n) is 5.40. The molecule has 6 nitrogen and oxygen atoms in total. The molecule has 2 aromatic carbocycles. The predicted molar refractivity (Wildman–Crippen MR) is 121 cm³/mol. The van der Waals surface area contributed by atoms with Gasteiger partial charge in [-0.25, -0.2) is 4.39 Å². The van der Waals surface area contributed by atoms with Gasteiger partial charge in [-0.2, -0.15) is 0 Å². The molecule has 0 bridgehead atoms. The lowest BCUT2D eigenvalue weighted by Gasteiger charge is -2.21. The van der Waals surface area contributed by atoms with Crippen LogP contribution in [0.4, 0.5) is 10.1 Å². The largest absolute Gasteiger partial charge is 0.467 e. The van der Waals surface area contributed by atoms with Crippen LogP contribution in [0.2, 0.25) is 0 Å². The molecule has 0 saturated carbocycles. The van der Waals surface area contributed by atoms with E-state index in [1.54, 1.807) is 0 Å². The number of hydrogen-bond donors (Lipinski definition) is 0. The molecule has 3 aromatic rings. The highest BCUT2D eigenvalue weighted by Crippen LogP contribution is 2.34. The van der Waals surface area contributed by atoms with E-state index in [4.69, 9.17) is 9.47 Å². The zero-order chi connectivity index (χ0) is 21.8. The first-order chi connectivity index (χ1) is 15.1. The number of ether oxygens (including phenoxy) is 2. The van der Waals surface area contributed by atoms with Crippen LogP contribution in [-0.4, -0.2) is 34.6 Å². The highest BCUT2D eigenvalue weighted by Gasteiger charge is 2.19. The maximum absolute atomic E-state index is 14.0. The van der Waals surface area contributed by atoms with E-state index in [2.05, 4.69) is 64.7 Å². The molecule has 1 aliphatic rings. The van der Waals surface area contributed by atoms with Crippen LogP contribution in [0.3, 0.4) is 0 Å². The first-order valence-corrected chi connectivity index (χ1v) is 11.6. The van der Waals surface area contributed by atoms with Gasteiger partial charge >= 0.3 is 0 Å². The molecule has 4 rings (SSSR count). The Balaban J connectivity index is 1.55. The van der Waals surface area contributed by atoms with E-state index in [1.165, 1.54) is 29.6 Å². The minimum absolute atomic E-state index is 0.190. The molecule has 0 N–H and O–H groups in total. The quantitative estimate of drug-likeness (QED) is 0.452. The van der Waals surface area contributed by atoms with Gasteiger partial charge in [0, 0.05) is 47.8 Å². The second-order valence-electron chi connectivity index (χ2n) is 7.22. The minimum Gasteiger partial charge on any atom is -0.467 e. The van der Waals surface area contributed by atoms with Crippen LogP contribution >= 0.6 is 11.8 Å². The number of rotatable bonds is 8. The topological polar surface area (TPSA) is 52.4 Å². The number of aromatic nitrogens is 3. The van der Waals surface area contributed by atoms with Gasteiger partial charge in [-0.1, -0.05) is 11.8 Å². The van der Waals surface area contributed by atoms with Crippen LogP contribution < -0.4 is 9.64 Å². The van der Waals surface area contributed by atoms with Gasteiger partial charge in [-0.3, -0.25) is 0 Å².